The smallest absolute Gasteiger partial charge is 0.227 e. The van der Waals surface area contributed by atoms with Crippen LogP contribution >= 0.6 is 0 Å². The Kier molecular flexibility index (Phi) is 5.56. The Hall–Kier alpha value is -2.11. The van der Waals surface area contributed by atoms with Gasteiger partial charge in [0.25, 0.3) is 0 Å². The number of halogens is 1. The predicted molar refractivity (Wildman–Crippen MR) is 91.8 cm³/mol. The maximum absolute atomic E-state index is 13.7. The maximum Gasteiger partial charge on any atom is 0.227 e. The number of hydrogen-bond donors (Lipinski definition) is 0. The Labute approximate surface area is 147 Å². The first kappa shape index (κ1) is 17.7. The lowest BCUT2D eigenvalue weighted by Gasteiger charge is -2.36. The van der Waals surface area contributed by atoms with Crippen LogP contribution in [0.3, 0.4) is 0 Å². The molecule has 1 aliphatic carbocycles. The van der Waals surface area contributed by atoms with Gasteiger partial charge in [0.1, 0.15) is 0 Å². The van der Waals surface area contributed by atoms with Gasteiger partial charge in [0.2, 0.25) is 11.8 Å². The Balaban J connectivity index is 1.51. The van der Waals surface area contributed by atoms with Crippen LogP contribution in [0.25, 0.3) is 0 Å². The number of nitrogens with zero attached hydrogens (tertiary/aromatic N) is 2. The van der Waals surface area contributed by atoms with E-state index in [2.05, 4.69) is 0 Å². The van der Waals surface area contributed by atoms with Crippen LogP contribution in [0.4, 0.5) is 4.39 Å². The molecule has 1 saturated heterocycles. The minimum Gasteiger partial charge on any atom is -0.494 e. The summed E-state index contributed by atoms with van der Waals surface area (Å²) in [5, 5.41) is 0. The molecule has 1 aromatic carbocycles. The van der Waals surface area contributed by atoms with Crippen molar-refractivity contribution in [2.75, 3.05) is 33.3 Å². The number of carbonyl (C=O) groups excluding carboxylic acids is 2. The number of piperazine rings is 1. The summed E-state index contributed by atoms with van der Waals surface area (Å²) in [5.41, 5.74) is 0.632. The first-order chi connectivity index (χ1) is 12.1. The van der Waals surface area contributed by atoms with Crippen molar-refractivity contribution in [2.45, 2.75) is 32.1 Å². The van der Waals surface area contributed by atoms with Crippen molar-refractivity contribution in [2.24, 2.45) is 5.92 Å². The lowest BCUT2D eigenvalue weighted by molar-refractivity contribution is -0.141. The van der Waals surface area contributed by atoms with Crippen molar-refractivity contribution in [3.8, 4) is 5.75 Å². The molecule has 2 aliphatic rings. The largest absolute Gasteiger partial charge is 0.494 e. The number of ether oxygens (including phenoxy) is 1. The van der Waals surface area contributed by atoms with Gasteiger partial charge in [-0.2, -0.15) is 0 Å². The molecule has 3 rings (SSSR count). The van der Waals surface area contributed by atoms with Gasteiger partial charge in [-0.3, -0.25) is 9.59 Å². The van der Waals surface area contributed by atoms with E-state index in [-0.39, 0.29) is 29.9 Å². The highest BCUT2D eigenvalue weighted by Gasteiger charge is 2.30. The molecule has 0 unspecified atom stereocenters. The summed E-state index contributed by atoms with van der Waals surface area (Å²) < 4.78 is 18.6. The van der Waals surface area contributed by atoms with Crippen LogP contribution < -0.4 is 4.74 Å². The summed E-state index contributed by atoms with van der Waals surface area (Å²) in [7, 11) is 1.41. The van der Waals surface area contributed by atoms with Crippen molar-refractivity contribution in [1.82, 2.24) is 9.80 Å². The van der Waals surface area contributed by atoms with E-state index in [9.17, 15) is 14.0 Å². The van der Waals surface area contributed by atoms with Crippen LogP contribution in [0.1, 0.15) is 31.2 Å². The standard InChI is InChI=1S/C19H25FN2O3/c1-25-17-7-6-14(12-16(17)20)13-18(23)21-8-10-22(11-9-21)19(24)15-4-2-3-5-15/h6-7,12,15H,2-5,8-11,13H2,1H3. The van der Waals surface area contributed by atoms with Crippen molar-refractivity contribution >= 4 is 11.8 Å². The zero-order valence-electron chi connectivity index (χ0n) is 14.7. The van der Waals surface area contributed by atoms with Gasteiger partial charge in [-0.1, -0.05) is 18.9 Å². The van der Waals surface area contributed by atoms with Crippen LogP contribution in [-0.4, -0.2) is 54.9 Å². The summed E-state index contributed by atoms with van der Waals surface area (Å²) in [6.07, 6.45) is 4.46. The van der Waals surface area contributed by atoms with E-state index in [1.54, 1.807) is 11.0 Å². The molecule has 1 heterocycles. The Morgan fingerprint density at radius 3 is 2.36 bits per heavy atom. The van der Waals surface area contributed by atoms with Crippen molar-refractivity contribution < 1.29 is 18.7 Å². The SMILES string of the molecule is COc1ccc(CC(=O)N2CCN(C(=O)C3CCCC3)CC2)cc1F. The van der Waals surface area contributed by atoms with Gasteiger partial charge in [-0.05, 0) is 30.5 Å². The summed E-state index contributed by atoms with van der Waals surface area (Å²) in [6, 6.07) is 4.59. The minimum absolute atomic E-state index is 0.0301. The molecule has 0 bridgehead atoms. The number of amides is 2. The molecule has 2 fully saturated rings. The molecule has 2 amide bonds. The summed E-state index contributed by atoms with van der Waals surface area (Å²) in [4.78, 5) is 28.5. The molecular weight excluding hydrogens is 323 g/mol. The molecular formula is C19H25FN2O3. The molecule has 0 radical (unpaired) electrons. The minimum atomic E-state index is -0.459. The lowest BCUT2D eigenvalue weighted by atomic mass is 10.1. The monoisotopic (exact) mass is 348 g/mol. The number of benzene rings is 1. The topological polar surface area (TPSA) is 49.9 Å². The zero-order chi connectivity index (χ0) is 17.8. The third kappa shape index (κ3) is 4.11. The van der Waals surface area contributed by atoms with E-state index in [4.69, 9.17) is 4.74 Å². The van der Waals surface area contributed by atoms with Crippen molar-refractivity contribution in [3.05, 3.63) is 29.6 Å². The molecule has 0 aromatic heterocycles. The van der Waals surface area contributed by atoms with Crippen LogP contribution in [-0.2, 0) is 16.0 Å². The zero-order valence-corrected chi connectivity index (χ0v) is 14.7. The van der Waals surface area contributed by atoms with Crippen LogP contribution in [0, 0.1) is 11.7 Å². The Morgan fingerprint density at radius 2 is 1.76 bits per heavy atom. The quantitative estimate of drug-likeness (QED) is 0.838. The summed E-state index contributed by atoms with van der Waals surface area (Å²) in [5.74, 6) is 0.124. The third-order valence-electron chi connectivity index (χ3n) is 5.22. The average molecular weight is 348 g/mol. The second-order valence-corrected chi connectivity index (χ2v) is 6.83. The van der Waals surface area contributed by atoms with E-state index >= 15 is 0 Å². The molecule has 5 nitrogen and oxygen atoms in total. The molecule has 1 aromatic rings. The molecule has 0 N–H and O–H groups in total. The number of methoxy groups -OCH3 is 1. The average Bonchev–Trinajstić information content (AvgIpc) is 3.16. The van der Waals surface area contributed by atoms with Gasteiger partial charge < -0.3 is 14.5 Å². The first-order valence-corrected chi connectivity index (χ1v) is 8.97. The van der Waals surface area contributed by atoms with E-state index < -0.39 is 5.82 Å². The second kappa shape index (κ2) is 7.85. The summed E-state index contributed by atoms with van der Waals surface area (Å²) >= 11 is 0. The highest BCUT2D eigenvalue weighted by molar-refractivity contribution is 5.81. The molecule has 0 spiro atoms. The predicted octanol–water partition coefficient (Wildman–Crippen LogP) is 2.24. The fourth-order valence-electron chi connectivity index (χ4n) is 3.71. The van der Waals surface area contributed by atoms with Gasteiger partial charge in [-0.25, -0.2) is 4.39 Å². The highest BCUT2D eigenvalue weighted by Crippen LogP contribution is 2.27. The van der Waals surface area contributed by atoms with Crippen LogP contribution in [0.5, 0.6) is 5.75 Å². The number of carbonyl (C=O) groups is 2. The van der Waals surface area contributed by atoms with Gasteiger partial charge in [0.05, 0.1) is 13.5 Å². The molecule has 136 valence electrons. The van der Waals surface area contributed by atoms with Crippen LogP contribution in [0.15, 0.2) is 18.2 Å². The highest BCUT2D eigenvalue weighted by atomic mass is 19.1. The fourth-order valence-corrected chi connectivity index (χ4v) is 3.71. The summed E-state index contributed by atoms with van der Waals surface area (Å²) in [6.45, 7) is 2.29. The Bertz CT molecular complexity index is 636. The fraction of sp³-hybridized carbons (Fsp3) is 0.579. The van der Waals surface area contributed by atoms with Crippen molar-refractivity contribution in [3.63, 3.8) is 0 Å². The molecule has 25 heavy (non-hydrogen) atoms. The Morgan fingerprint density at radius 1 is 1.12 bits per heavy atom. The van der Waals surface area contributed by atoms with E-state index in [0.29, 0.717) is 31.7 Å². The van der Waals surface area contributed by atoms with E-state index in [0.717, 1.165) is 25.7 Å². The van der Waals surface area contributed by atoms with Crippen LogP contribution in [0.2, 0.25) is 0 Å². The number of rotatable bonds is 4. The lowest BCUT2D eigenvalue weighted by Crippen LogP contribution is -2.52. The molecule has 1 aliphatic heterocycles. The van der Waals surface area contributed by atoms with Crippen molar-refractivity contribution in [1.29, 1.82) is 0 Å². The number of hydrogen-bond acceptors (Lipinski definition) is 3. The van der Waals surface area contributed by atoms with Gasteiger partial charge in [0.15, 0.2) is 11.6 Å². The van der Waals surface area contributed by atoms with Gasteiger partial charge in [-0.15, -0.1) is 0 Å². The van der Waals surface area contributed by atoms with E-state index in [1.165, 1.54) is 19.2 Å². The van der Waals surface area contributed by atoms with Gasteiger partial charge in [0, 0.05) is 32.1 Å². The molecule has 0 atom stereocenters. The second-order valence-electron chi connectivity index (χ2n) is 6.83. The van der Waals surface area contributed by atoms with Gasteiger partial charge >= 0.3 is 0 Å². The van der Waals surface area contributed by atoms with E-state index in [1.807, 2.05) is 4.90 Å². The maximum atomic E-state index is 13.7. The first-order valence-electron chi connectivity index (χ1n) is 8.97. The molecule has 6 heteroatoms. The third-order valence-corrected chi connectivity index (χ3v) is 5.22. The normalized spacial score (nSPS) is 18.5. The molecule has 1 saturated carbocycles.